The lowest BCUT2D eigenvalue weighted by Gasteiger charge is -2.11. The molecular weight excluding hydrogens is 468 g/mol. The molecule has 0 unspecified atom stereocenters. The fraction of sp³-hybridized carbons (Fsp3) is 0.100. The van der Waals surface area contributed by atoms with Crippen LogP contribution in [0.1, 0.15) is 11.4 Å². The van der Waals surface area contributed by atoms with Crippen LogP contribution in [0.2, 0.25) is 0 Å². The molecule has 8 nitrogen and oxygen atoms in total. The molecule has 0 radical (unpaired) electrons. The van der Waals surface area contributed by atoms with E-state index in [0.29, 0.717) is 6.07 Å². The van der Waals surface area contributed by atoms with Crippen molar-refractivity contribution >= 4 is 11.6 Å². The SMILES string of the molecule is Oc1cncc(-c2nc(Nc3ccnc(C(F)(F)F)c3)nc(-c3cccc(C(F)(F)F)n3)n2)c1. The summed E-state index contributed by atoms with van der Waals surface area (Å²) in [6.07, 6.45) is -6.11. The van der Waals surface area contributed by atoms with E-state index in [-0.39, 0.29) is 40.3 Å². The predicted octanol–water partition coefficient (Wildman–Crippen LogP) is 4.88. The number of aromatic hydroxyl groups is 1. The lowest BCUT2D eigenvalue weighted by Crippen LogP contribution is -2.10. The molecule has 0 saturated carbocycles. The van der Waals surface area contributed by atoms with Crippen LogP contribution < -0.4 is 5.32 Å². The topological polar surface area (TPSA) is 110 Å². The zero-order valence-corrected chi connectivity index (χ0v) is 16.6. The number of halogens is 6. The summed E-state index contributed by atoms with van der Waals surface area (Å²) >= 11 is 0. The number of nitrogens with one attached hydrogen (secondary N) is 1. The van der Waals surface area contributed by atoms with E-state index in [1.165, 1.54) is 24.4 Å². The van der Waals surface area contributed by atoms with Gasteiger partial charge < -0.3 is 10.4 Å². The highest BCUT2D eigenvalue weighted by atomic mass is 19.4. The largest absolute Gasteiger partial charge is 0.506 e. The maximum absolute atomic E-state index is 13.1. The van der Waals surface area contributed by atoms with E-state index in [0.717, 1.165) is 24.5 Å². The second kappa shape index (κ2) is 8.53. The molecule has 4 heterocycles. The zero-order chi connectivity index (χ0) is 24.5. The highest BCUT2D eigenvalue weighted by Gasteiger charge is 2.33. The molecule has 14 heteroatoms. The minimum atomic E-state index is -4.73. The van der Waals surface area contributed by atoms with Gasteiger partial charge in [-0.05, 0) is 30.3 Å². The van der Waals surface area contributed by atoms with E-state index in [1.807, 2.05) is 0 Å². The average Bonchev–Trinajstić information content (AvgIpc) is 2.78. The Bertz CT molecular complexity index is 1340. The smallest absolute Gasteiger partial charge is 0.433 e. The van der Waals surface area contributed by atoms with E-state index >= 15 is 0 Å². The molecule has 2 N–H and O–H groups in total. The van der Waals surface area contributed by atoms with Crippen LogP contribution in [0, 0.1) is 0 Å². The number of aromatic nitrogens is 6. The van der Waals surface area contributed by atoms with Crippen LogP contribution in [-0.4, -0.2) is 35.0 Å². The van der Waals surface area contributed by atoms with Gasteiger partial charge in [0.25, 0.3) is 0 Å². The molecule has 0 aliphatic rings. The van der Waals surface area contributed by atoms with Gasteiger partial charge in [-0.3, -0.25) is 9.97 Å². The maximum Gasteiger partial charge on any atom is 0.433 e. The number of alkyl halides is 6. The minimum Gasteiger partial charge on any atom is -0.506 e. The molecule has 0 amide bonds. The van der Waals surface area contributed by atoms with Gasteiger partial charge in [-0.15, -0.1) is 0 Å². The highest BCUT2D eigenvalue weighted by Crippen LogP contribution is 2.31. The first-order valence-corrected chi connectivity index (χ1v) is 9.24. The monoisotopic (exact) mass is 479 g/mol. The Kier molecular flexibility index (Phi) is 5.73. The standard InChI is InChI=1S/C20H11F6N7O/c21-19(22,23)14-3-1-2-13(30-14)17-31-16(10-6-12(34)9-27-8-10)32-18(33-17)29-11-4-5-28-15(7-11)20(24,25)26/h1-9,34H,(H,28,29,31,32,33). The van der Waals surface area contributed by atoms with Crippen molar-refractivity contribution in [2.24, 2.45) is 0 Å². The van der Waals surface area contributed by atoms with Crippen molar-refractivity contribution in [1.82, 2.24) is 29.9 Å². The summed E-state index contributed by atoms with van der Waals surface area (Å²) in [6.45, 7) is 0. The van der Waals surface area contributed by atoms with Crippen molar-refractivity contribution in [3.8, 4) is 28.7 Å². The summed E-state index contributed by atoms with van der Waals surface area (Å²) in [6, 6.07) is 6.27. The molecule has 4 aromatic rings. The van der Waals surface area contributed by atoms with Gasteiger partial charge in [-0.2, -0.15) is 36.3 Å². The molecule has 34 heavy (non-hydrogen) atoms. The number of nitrogens with zero attached hydrogens (tertiary/aromatic N) is 6. The van der Waals surface area contributed by atoms with Crippen molar-refractivity contribution in [2.45, 2.75) is 12.4 Å². The quantitative estimate of drug-likeness (QED) is 0.399. The van der Waals surface area contributed by atoms with Gasteiger partial charge in [0.15, 0.2) is 11.6 Å². The van der Waals surface area contributed by atoms with Crippen LogP contribution in [0.15, 0.2) is 55.0 Å². The van der Waals surface area contributed by atoms with E-state index in [4.69, 9.17) is 0 Å². The Morgan fingerprint density at radius 3 is 2.21 bits per heavy atom. The second-order valence-corrected chi connectivity index (χ2v) is 6.70. The maximum atomic E-state index is 13.1. The zero-order valence-electron chi connectivity index (χ0n) is 16.6. The van der Waals surface area contributed by atoms with Gasteiger partial charge in [-0.1, -0.05) is 6.07 Å². The number of hydrogen-bond acceptors (Lipinski definition) is 8. The van der Waals surface area contributed by atoms with Gasteiger partial charge in [0.05, 0.1) is 6.20 Å². The molecule has 0 aromatic carbocycles. The third kappa shape index (κ3) is 5.16. The van der Waals surface area contributed by atoms with Gasteiger partial charge in [0.1, 0.15) is 22.8 Å². The summed E-state index contributed by atoms with van der Waals surface area (Å²) in [7, 11) is 0. The van der Waals surface area contributed by atoms with Crippen LogP contribution in [0.4, 0.5) is 38.0 Å². The first-order valence-electron chi connectivity index (χ1n) is 9.24. The van der Waals surface area contributed by atoms with Crippen molar-refractivity contribution in [2.75, 3.05) is 5.32 Å². The van der Waals surface area contributed by atoms with Crippen molar-refractivity contribution in [1.29, 1.82) is 0 Å². The first-order chi connectivity index (χ1) is 16.0. The summed E-state index contributed by atoms with van der Waals surface area (Å²) in [4.78, 5) is 22.8. The van der Waals surface area contributed by atoms with E-state index < -0.39 is 23.7 Å². The van der Waals surface area contributed by atoms with Gasteiger partial charge >= 0.3 is 12.4 Å². The molecule has 0 aliphatic carbocycles. The normalized spacial score (nSPS) is 11.9. The summed E-state index contributed by atoms with van der Waals surface area (Å²) in [5.41, 5.74) is -2.55. The third-order valence-electron chi connectivity index (χ3n) is 4.19. The first kappa shape index (κ1) is 22.8. The van der Waals surface area contributed by atoms with Crippen LogP contribution >= 0.6 is 0 Å². The molecule has 0 saturated heterocycles. The van der Waals surface area contributed by atoms with Crippen molar-refractivity contribution < 1.29 is 31.4 Å². The Morgan fingerprint density at radius 1 is 0.765 bits per heavy atom. The summed E-state index contributed by atoms with van der Waals surface area (Å²) in [5.74, 6) is -0.954. The van der Waals surface area contributed by atoms with Crippen LogP contribution in [0.5, 0.6) is 5.75 Å². The van der Waals surface area contributed by atoms with Crippen LogP contribution in [0.3, 0.4) is 0 Å². The lowest BCUT2D eigenvalue weighted by atomic mass is 10.2. The fourth-order valence-electron chi connectivity index (χ4n) is 2.74. The van der Waals surface area contributed by atoms with E-state index in [9.17, 15) is 31.4 Å². The molecule has 0 aliphatic heterocycles. The number of anilines is 2. The fourth-order valence-corrected chi connectivity index (χ4v) is 2.74. The minimum absolute atomic E-state index is 0.0866. The predicted molar refractivity (Wildman–Crippen MR) is 105 cm³/mol. The lowest BCUT2D eigenvalue weighted by molar-refractivity contribution is -0.141. The molecule has 0 spiro atoms. The Hall–Kier alpha value is -4.36. The summed E-state index contributed by atoms with van der Waals surface area (Å²) < 4.78 is 78.3. The van der Waals surface area contributed by atoms with Gasteiger partial charge in [0.2, 0.25) is 5.95 Å². The molecule has 174 valence electrons. The van der Waals surface area contributed by atoms with E-state index in [2.05, 4.69) is 35.2 Å². The summed E-state index contributed by atoms with van der Waals surface area (Å²) in [5, 5.41) is 12.3. The Morgan fingerprint density at radius 2 is 1.50 bits per heavy atom. The van der Waals surface area contributed by atoms with Crippen LogP contribution in [0.25, 0.3) is 22.9 Å². The van der Waals surface area contributed by atoms with E-state index in [1.54, 1.807) is 0 Å². The molecule has 0 fully saturated rings. The second-order valence-electron chi connectivity index (χ2n) is 6.70. The number of pyridine rings is 3. The molecule has 4 rings (SSSR count). The molecular formula is C20H11F6N7O. The average molecular weight is 479 g/mol. The van der Waals surface area contributed by atoms with Crippen molar-refractivity contribution in [3.63, 3.8) is 0 Å². The Balaban J connectivity index is 1.82. The Labute approximate surface area is 186 Å². The molecule has 0 atom stereocenters. The molecule has 0 bridgehead atoms. The van der Waals surface area contributed by atoms with Gasteiger partial charge in [0, 0.05) is 23.6 Å². The van der Waals surface area contributed by atoms with Crippen LogP contribution in [-0.2, 0) is 12.4 Å². The highest BCUT2D eigenvalue weighted by molar-refractivity contribution is 5.63. The van der Waals surface area contributed by atoms with Gasteiger partial charge in [-0.25, -0.2) is 9.97 Å². The third-order valence-corrected chi connectivity index (χ3v) is 4.19. The number of hydrogen-bond donors (Lipinski definition) is 2. The number of rotatable bonds is 4. The van der Waals surface area contributed by atoms with Crippen molar-refractivity contribution in [3.05, 3.63) is 66.4 Å². The molecule has 4 aromatic heterocycles.